The molecule has 0 saturated carbocycles. The van der Waals surface area contributed by atoms with Gasteiger partial charge in [0.1, 0.15) is 1.41 Å². The van der Waals surface area contributed by atoms with Gasteiger partial charge in [-0.2, -0.15) is 0 Å². The molecule has 0 fully saturated rings. The van der Waals surface area contributed by atoms with E-state index in [1.807, 2.05) is 0 Å². The maximum atomic E-state index is 6.84. The molecule has 0 heterocycles. The Hall–Kier alpha value is 1.18. The maximum Gasteiger partial charge on any atom is 0.316 e. The van der Waals surface area contributed by atoms with Crippen molar-refractivity contribution < 1.29 is 1.41 Å². The predicted octanol–water partition coefficient (Wildman–Crippen LogP) is 0.501. The van der Waals surface area contributed by atoms with Crippen molar-refractivity contribution in [1.82, 2.24) is 5.22 Å². The Balaban J connectivity index is 2.99. The monoisotopic (exact) mass is 202 g/mol. The third-order valence-electron chi connectivity index (χ3n) is 0.247. The van der Waals surface area contributed by atoms with Gasteiger partial charge in [-0.05, 0) is 7.05 Å². The Bertz CT molecular complexity index is 36.5. The lowest BCUT2D eigenvalue weighted by atomic mass is 10.4. The van der Waals surface area contributed by atoms with Crippen LogP contribution in [0.3, 0.4) is 0 Å². The second-order valence-corrected chi connectivity index (χ2v) is 3.90. The largest absolute Gasteiger partial charge is 0.346 e. The number of hydrogen-bond acceptors (Lipinski definition) is 1. The van der Waals surface area contributed by atoms with Gasteiger partial charge < -0.3 is 5.22 Å². The van der Waals surface area contributed by atoms with Crippen LogP contribution in [0.25, 0.3) is 0 Å². The van der Waals surface area contributed by atoms with Gasteiger partial charge in [-0.3, -0.25) is 0 Å². The van der Waals surface area contributed by atoms with Crippen molar-refractivity contribution in [2.75, 3.05) is 7.05 Å². The average molecular weight is 202 g/mol. The summed E-state index contributed by atoms with van der Waals surface area (Å²) in [6.45, 7) is 0. The SMILES string of the molecule is [2H]N(C)B(P)I. The van der Waals surface area contributed by atoms with Gasteiger partial charge in [0.25, 0.3) is 0 Å². The molecule has 1 unspecified atom stereocenters. The van der Waals surface area contributed by atoms with E-state index >= 15 is 0 Å². The van der Waals surface area contributed by atoms with E-state index in [0.29, 0.717) is 0 Å². The zero-order valence-corrected chi connectivity index (χ0v) is 6.29. The summed E-state index contributed by atoms with van der Waals surface area (Å²) in [6.07, 6.45) is 0. The predicted molar refractivity (Wildman–Crippen MR) is 38.5 cm³/mol. The first-order valence-electron chi connectivity index (χ1n) is 1.70. The molecular formula is CH6BINP. The Morgan fingerprint density at radius 2 is 2.60 bits per heavy atom. The molecular weight excluding hydrogens is 195 g/mol. The molecule has 0 bridgehead atoms. The molecule has 1 N–H and O–H groups in total. The summed E-state index contributed by atoms with van der Waals surface area (Å²) in [5, 5.41) is 1.37. The Kier molecular flexibility index (Phi) is 2.94. The molecule has 0 rings (SSSR count). The van der Waals surface area contributed by atoms with Crippen LogP contribution in [0.1, 0.15) is 0 Å². The van der Waals surface area contributed by atoms with Gasteiger partial charge in [-0.1, -0.05) is 0 Å². The molecule has 0 aromatic carbocycles. The topological polar surface area (TPSA) is 12.0 Å². The highest BCUT2D eigenvalue weighted by molar-refractivity contribution is 14.1. The quantitative estimate of drug-likeness (QED) is 0.370. The van der Waals surface area contributed by atoms with Gasteiger partial charge in [0, 0.05) is 0 Å². The molecule has 0 aliphatic heterocycles. The van der Waals surface area contributed by atoms with E-state index in [0.717, 1.165) is 0 Å². The van der Waals surface area contributed by atoms with Crippen LogP contribution in [0.15, 0.2) is 0 Å². The molecule has 0 amide bonds. The molecule has 0 spiro atoms. The van der Waals surface area contributed by atoms with Gasteiger partial charge in [0.2, 0.25) is 0 Å². The summed E-state index contributed by atoms with van der Waals surface area (Å²) < 4.78 is 7.08. The van der Waals surface area contributed by atoms with Crippen LogP contribution in [-0.4, -0.2) is 11.5 Å². The molecule has 0 aliphatic rings. The standard InChI is InChI=1S/CH6BINP/c1-4-2(3)5/h4H,5H2,1H3/i/hD. The van der Waals surface area contributed by atoms with Crippen LogP contribution in [0.5, 0.6) is 0 Å². The van der Waals surface area contributed by atoms with Crippen molar-refractivity contribution >= 4 is 35.9 Å². The Morgan fingerprint density at radius 3 is 2.60 bits per heavy atom. The second kappa shape index (κ2) is 3.38. The van der Waals surface area contributed by atoms with Crippen molar-refractivity contribution in [2.24, 2.45) is 0 Å². The van der Waals surface area contributed by atoms with E-state index in [2.05, 4.69) is 31.5 Å². The molecule has 1 atom stereocenters. The lowest BCUT2D eigenvalue weighted by Crippen LogP contribution is -2.14. The van der Waals surface area contributed by atoms with E-state index < -0.39 is 0 Å². The van der Waals surface area contributed by atoms with Gasteiger partial charge >= 0.3 is 4.42 Å². The Labute approximate surface area is 49.9 Å². The first kappa shape index (κ1) is 4.35. The van der Waals surface area contributed by atoms with Crippen LogP contribution in [-0.2, 0) is 0 Å². The molecule has 5 heavy (non-hydrogen) atoms. The van der Waals surface area contributed by atoms with Crippen molar-refractivity contribution in [1.29, 1.82) is 0 Å². The fourth-order valence-corrected chi connectivity index (χ4v) is 0. The zero-order chi connectivity index (χ0) is 5.15. The average Bonchev–Trinajstić information content (AvgIpc) is 1.36. The number of halogens is 1. The minimum absolute atomic E-state index is 0.239. The minimum atomic E-state index is 0.239. The summed E-state index contributed by atoms with van der Waals surface area (Å²) in [7, 11) is 4.21. The van der Waals surface area contributed by atoms with Crippen molar-refractivity contribution in [3.05, 3.63) is 0 Å². The Morgan fingerprint density at radius 1 is 2.40 bits per heavy atom. The van der Waals surface area contributed by atoms with Gasteiger partial charge in [0.05, 0.1) is 0 Å². The molecule has 0 aliphatic carbocycles. The zero-order valence-electron chi connectivity index (χ0n) is 3.98. The highest BCUT2D eigenvalue weighted by Crippen LogP contribution is 1.95. The summed E-state index contributed by atoms with van der Waals surface area (Å²) in [5.41, 5.74) is 0. The molecule has 1 nitrogen and oxygen atoms in total. The number of hydrogen-bond donors (Lipinski definition) is 1. The second-order valence-electron chi connectivity index (χ2n) is 0.631. The summed E-state index contributed by atoms with van der Waals surface area (Å²) in [4.78, 5) is 0. The van der Waals surface area contributed by atoms with Crippen LogP contribution >= 0.6 is 31.5 Å². The fourth-order valence-electron chi connectivity index (χ4n) is 0. The maximum absolute atomic E-state index is 6.84. The highest BCUT2D eigenvalue weighted by Gasteiger charge is 1.89. The highest BCUT2D eigenvalue weighted by atomic mass is 127. The van der Waals surface area contributed by atoms with Crippen LogP contribution in [0, 0.1) is 0 Å². The summed E-state index contributed by atoms with van der Waals surface area (Å²) in [5.74, 6) is 0. The minimum Gasteiger partial charge on any atom is -0.346 e. The third-order valence-corrected chi connectivity index (χ3v) is 1.10. The molecule has 4 heteroatoms. The van der Waals surface area contributed by atoms with Crippen molar-refractivity contribution in [3.63, 3.8) is 0 Å². The molecule has 0 radical (unpaired) electrons. The van der Waals surface area contributed by atoms with E-state index in [1.54, 1.807) is 7.05 Å². The fraction of sp³-hybridized carbons (Fsp3) is 1.00. The first-order valence-corrected chi connectivity index (χ1v) is 3.17. The van der Waals surface area contributed by atoms with Gasteiger partial charge in [0.15, 0.2) is 0 Å². The molecule has 0 saturated heterocycles. The van der Waals surface area contributed by atoms with Crippen molar-refractivity contribution in [2.45, 2.75) is 0 Å². The third kappa shape index (κ3) is 5.18. The van der Waals surface area contributed by atoms with Crippen LogP contribution in [0.2, 0.25) is 1.41 Å². The van der Waals surface area contributed by atoms with E-state index in [1.165, 1.54) is 5.22 Å². The number of nitrogens with one attached hydrogen (secondary N) is 1. The van der Waals surface area contributed by atoms with Crippen LogP contribution < -0.4 is 5.22 Å². The normalized spacial score (nSPS) is 11.6. The summed E-state index contributed by atoms with van der Waals surface area (Å²) in [6, 6.07) is 0. The van der Waals surface area contributed by atoms with Gasteiger partial charge in [-0.15, -0.1) is 31.5 Å². The number of rotatable bonds is 1. The van der Waals surface area contributed by atoms with Crippen molar-refractivity contribution in [3.8, 4) is 0 Å². The molecule has 30 valence electrons. The van der Waals surface area contributed by atoms with E-state index in [-0.39, 0.29) is 4.42 Å². The smallest absolute Gasteiger partial charge is 0.316 e. The first-order chi connectivity index (χ1) is 2.64. The van der Waals surface area contributed by atoms with E-state index in [4.69, 9.17) is 1.41 Å². The molecule has 0 aromatic rings. The lowest BCUT2D eigenvalue weighted by Gasteiger charge is -1.86. The van der Waals surface area contributed by atoms with Gasteiger partial charge in [-0.25, -0.2) is 0 Å². The lowest BCUT2D eigenvalue weighted by molar-refractivity contribution is 1.27. The van der Waals surface area contributed by atoms with Crippen LogP contribution in [0.4, 0.5) is 0 Å². The molecule has 0 aromatic heterocycles. The summed E-state index contributed by atoms with van der Waals surface area (Å²) >= 11 is 2.13. The van der Waals surface area contributed by atoms with E-state index in [9.17, 15) is 0 Å².